The molecule has 0 spiro atoms. The fourth-order valence-corrected chi connectivity index (χ4v) is 8.17. The van der Waals surface area contributed by atoms with Crippen LogP contribution in [0.2, 0.25) is 0 Å². The molecule has 0 fully saturated rings. The van der Waals surface area contributed by atoms with Gasteiger partial charge in [-0.3, -0.25) is 19.2 Å². The van der Waals surface area contributed by atoms with Crippen molar-refractivity contribution in [3.63, 3.8) is 0 Å². The third-order valence-electron chi connectivity index (χ3n) is 12.3. The van der Waals surface area contributed by atoms with Crippen molar-refractivity contribution in [1.82, 2.24) is 16.0 Å². The second-order valence-corrected chi connectivity index (χ2v) is 20.6. The molecule has 0 unspecified atom stereocenters. The minimum Gasteiger partial charge on any atom is -0.481 e. The van der Waals surface area contributed by atoms with Crippen molar-refractivity contribution in [2.24, 2.45) is 0 Å². The molecule has 0 heterocycles. The summed E-state index contributed by atoms with van der Waals surface area (Å²) in [6.07, 6.45) is 2.01. The third-order valence-corrected chi connectivity index (χ3v) is 13.0. The van der Waals surface area contributed by atoms with E-state index in [1.807, 2.05) is 194 Å². The van der Waals surface area contributed by atoms with Crippen LogP contribution in [0.4, 0.5) is 17.6 Å². The molecule has 8 rings (SSSR count). The Morgan fingerprint density at radius 2 is 0.696 bits per heavy atom. The minimum atomic E-state index is -3.15. The largest absolute Gasteiger partial charge is 0.481 e. The summed E-state index contributed by atoms with van der Waals surface area (Å²) in [5, 5.41) is 42.0. The first-order valence-electron chi connectivity index (χ1n) is 28.6. The molecule has 0 amide bonds. The summed E-state index contributed by atoms with van der Waals surface area (Å²) in [6.45, 7) is -2.24. The summed E-state index contributed by atoms with van der Waals surface area (Å²) >= 11 is 17.7. The van der Waals surface area contributed by atoms with E-state index in [2.05, 4.69) is 69.5 Å². The Bertz CT molecular complexity index is 3310. The molecule has 8 aromatic rings. The van der Waals surface area contributed by atoms with Gasteiger partial charge in [0.05, 0.1) is 68.5 Å². The Morgan fingerprint density at radius 1 is 0.402 bits per heavy atom. The zero-order chi connectivity index (χ0) is 67.2. The highest BCUT2D eigenvalue weighted by molar-refractivity contribution is 7.79. The lowest BCUT2D eigenvalue weighted by molar-refractivity contribution is -0.153. The van der Waals surface area contributed by atoms with Gasteiger partial charge in [-0.05, 0) is 85.0 Å². The van der Waals surface area contributed by atoms with Gasteiger partial charge in [-0.1, -0.05) is 267 Å². The molecule has 0 aliphatic carbocycles. The van der Waals surface area contributed by atoms with Crippen LogP contribution in [0.25, 0.3) is 44.5 Å². The predicted octanol–water partition coefficient (Wildman–Crippen LogP) is 13.5. The number of esters is 2. The average Bonchev–Trinajstić information content (AvgIpc) is 1.41. The number of carboxylic acids is 2. The van der Waals surface area contributed by atoms with Crippen molar-refractivity contribution >= 4 is 94.6 Å². The molecule has 484 valence electrons. The van der Waals surface area contributed by atoms with Crippen molar-refractivity contribution in [1.29, 1.82) is 0 Å². The van der Waals surface area contributed by atoms with E-state index in [0.29, 0.717) is 25.1 Å². The number of carbonyl (C=O) groups is 4. The summed E-state index contributed by atoms with van der Waals surface area (Å²) in [5.74, 6) is -8.69. The lowest BCUT2D eigenvalue weighted by atomic mass is 10.0. The molecule has 13 nitrogen and oxygen atoms in total. The molecule has 0 radical (unpaired) electrons. The molecule has 8 aromatic carbocycles. The van der Waals surface area contributed by atoms with Gasteiger partial charge in [-0.2, -0.15) is 0 Å². The minimum absolute atomic E-state index is 0.0499. The molecule has 0 saturated heterocycles. The molecular weight excluding hydrogens is 1260 g/mol. The van der Waals surface area contributed by atoms with E-state index in [1.165, 1.54) is 11.1 Å². The molecule has 0 aliphatic rings. The van der Waals surface area contributed by atoms with Crippen molar-refractivity contribution in [3.05, 3.63) is 241 Å². The number of hydrogen-bond donors (Lipinski definition) is 7. The van der Waals surface area contributed by atoms with E-state index < -0.39 is 56.1 Å². The standard InChI is InChI=1S/C18H17F2NO2S.C18H18O2S.2C14H12O2.C4H7F2NOS.C3H7NOS/c19-18(20,11-21-13-24)12-23-17(22)10-14-6-8-16(9-7-14)15-4-2-1-3-5-15;19-18(20-12-4-5-13-21)14-15-8-10-17(11-9-15)16-6-2-1-3-7-16;2*15-14(16)10-11-6-8-13(9-7-11)12-4-2-1-3-5-12;5-4(6,2-8)1-7-3-9;5-2-1-4-3-6/h1-9,13H,10-12H2,(H,21,24);1-3,6-11,13H,4-5,12,14H2;2*1-9H,10H2,(H,15,16);3,8H,1-2H2,(H,7,9);3,5H,1-2H2,(H,4,6). The Hall–Kier alpha value is -8.96. The number of aliphatic hydroxyl groups excluding tert-OH is 2. The molecule has 0 bridgehead atoms. The molecule has 21 heteroatoms. The summed E-state index contributed by atoms with van der Waals surface area (Å²) in [4.78, 5) is 44.4. The Morgan fingerprint density at radius 3 is 0.967 bits per heavy atom. The highest BCUT2D eigenvalue weighted by atomic mass is 32.1. The van der Waals surface area contributed by atoms with E-state index >= 15 is 0 Å². The summed E-state index contributed by atoms with van der Waals surface area (Å²) in [7, 11) is 0. The Balaban J connectivity index is 0.000000301. The molecule has 0 saturated carbocycles. The van der Waals surface area contributed by atoms with Gasteiger partial charge in [0.15, 0.2) is 6.61 Å². The van der Waals surface area contributed by atoms with Crippen LogP contribution < -0.4 is 16.0 Å². The number of rotatable bonds is 28. The van der Waals surface area contributed by atoms with Crippen LogP contribution in [-0.2, 0) is 54.3 Å². The van der Waals surface area contributed by atoms with E-state index in [-0.39, 0.29) is 31.8 Å². The summed E-state index contributed by atoms with van der Waals surface area (Å²) < 4.78 is 60.4. The van der Waals surface area contributed by atoms with E-state index in [9.17, 15) is 36.7 Å². The van der Waals surface area contributed by atoms with Crippen molar-refractivity contribution in [2.45, 2.75) is 50.4 Å². The van der Waals surface area contributed by atoms with E-state index in [0.717, 1.165) is 79.5 Å². The first kappa shape index (κ1) is 77.3. The molecule has 0 aliphatic heterocycles. The highest BCUT2D eigenvalue weighted by Gasteiger charge is 2.30. The van der Waals surface area contributed by atoms with Crippen LogP contribution in [-0.4, -0.2) is 124 Å². The highest BCUT2D eigenvalue weighted by Crippen LogP contribution is 2.23. The average molecular weight is 1330 g/mol. The predicted molar refractivity (Wildman–Crippen MR) is 371 cm³/mol. The number of ether oxygens (including phenoxy) is 2. The van der Waals surface area contributed by atoms with Crippen LogP contribution in [0.1, 0.15) is 35.1 Å². The maximum atomic E-state index is 13.3. The lowest BCUT2D eigenvalue weighted by Gasteiger charge is -2.16. The van der Waals surface area contributed by atoms with Gasteiger partial charge >= 0.3 is 23.9 Å². The molecule has 0 aromatic heterocycles. The van der Waals surface area contributed by atoms with Crippen molar-refractivity contribution < 1.29 is 66.6 Å². The number of carboxylic acid groups (broad SMARTS) is 2. The maximum absolute atomic E-state index is 13.3. The van der Waals surface area contributed by atoms with E-state index in [4.69, 9.17) is 37.4 Å². The topological polar surface area (TPSA) is 204 Å². The van der Waals surface area contributed by atoms with Crippen LogP contribution in [0.3, 0.4) is 0 Å². The molecule has 92 heavy (non-hydrogen) atoms. The van der Waals surface area contributed by atoms with Crippen LogP contribution in [0.15, 0.2) is 218 Å². The first-order chi connectivity index (χ1) is 44.3. The number of aliphatic carboxylic acids is 2. The second kappa shape index (κ2) is 45.3. The van der Waals surface area contributed by atoms with Gasteiger partial charge in [-0.25, -0.2) is 17.6 Å². The zero-order valence-electron chi connectivity index (χ0n) is 50.2. The number of unbranched alkanes of at least 4 members (excludes halogenated alkanes) is 1. The monoisotopic (exact) mass is 1330 g/mol. The molecule has 0 atom stereocenters. The van der Waals surface area contributed by atoms with Gasteiger partial charge in [-0.15, -0.1) is 0 Å². The SMILES string of the molecule is O=C(Cc1ccc(-c2ccccc2)cc1)OCC(F)(F)CNC=S.O=C(Cc1ccc(-c2ccccc2)cc1)OCCCC=S.O=C(O)Cc1ccc(-c2ccccc2)cc1.O=C(O)Cc1ccc(-c2ccccc2)cc1.OCC(F)(F)CNC=S.OCCNC=S. The second-order valence-electron chi connectivity index (χ2n) is 19.6. The summed E-state index contributed by atoms with van der Waals surface area (Å²) in [6, 6.07) is 70.6. The number of alkyl halides is 4. The number of benzene rings is 8. The number of hydrogen-bond acceptors (Lipinski definition) is 12. The normalized spacial score (nSPS) is 10.2. The van der Waals surface area contributed by atoms with Crippen molar-refractivity contribution in [2.75, 3.05) is 46.1 Å². The number of nitrogens with one attached hydrogen (secondary N) is 3. The zero-order valence-corrected chi connectivity index (χ0v) is 53.4. The lowest BCUT2D eigenvalue weighted by Crippen LogP contribution is -2.36. The van der Waals surface area contributed by atoms with Gasteiger partial charge in [0.2, 0.25) is 0 Å². The van der Waals surface area contributed by atoms with Crippen LogP contribution in [0.5, 0.6) is 0 Å². The molecular formula is C71H73F4N3O10S4. The maximum Gasteiger partial charge on any atom is 0.310 e. The van der Waals surface area contributed by atoms with E-state index in [1.54, 1.807) is 17.5 Å². The quantitative estimate of drug-likeness (QED) is 0.0105. The smallest absolute Gasteiger partial charge is 0.310 e. The number of aliphatic hydroxyl groups is 2. The fourth-order valence-electron chi connectivity index (χ4n) is 7.72. The molecule has 7 N–H and O–H groups in total. The fraction of sp³-hybridized carbons (Fsp3) is 0.211. The van der Waals surface area contributed by atoms with Gasteiger partial charge in [0.1, 0.15) is 6.61 Å². The van der Waals surface area contributed by atoms with Gasteiger partial charge in [0.25, 0.3) is 11.8 Å². The Labute approximate surface area is 555 Å². The number of thiocarbonyl (C=S) groups is 4. The summed E-state index contributed by atoms with van der Waals surface area (Å²) in [5.41, 5.74) is 15.6. The third kappa shape index (κ3) is 34.3. The van der Waals surface area contributed by atoms with Gasteiger partial charge < -0.3 is 45.9 Å². The van der Waals surface area contributed by atoms with Crippen LogP contribution >= 0.6 is 48.9 Å². The Kier molecular flexibility index (Phi) is 38.1. The van der Waals surface area contributed by atoms with Crippen LogP contribution in [0, 0.1) is 0 Å². The number of carbonyl (C=O) groups excluding carboxylic acids is 2. The first-order valence-corrected chi connectivity index (χ1v) is 30.5. The van der Waals surface area contributed by atoms with Gasteiger partial charge in [0, 0.05) is 6.54 Å². The number of halogens is 4. The van der Waals surface area contributed by atoms with Crippen molar-refractivity contribution in [3.8, 4) is 44.5 Å².